The molecule has 0 spiro atoms. The normalized spacial score (nSPS) is 18.0. The average molecular weight is 231 g/mol. The first-order valence-electron chi connectivity index (χ1n) is 5.37. The van der Waals surface area contributed by atoms with Crippen molar-refractivity contribution >= 4 is 0 Å². The summed E-state index contributed by atoms with van der Waals surface area (Å²) in [6.07, 6.45) is 4.36. The summed E-state index contributed by atoms with van der Waals surface area (Å²) < 4.78 is 25.7. The van der Waals surface area contributed by atoms with E-state index in [9.17, 15) is 13.9 Å². The van der Waals surface area contributed by atoms with Crippen molar-refractivity contribution in [2.45, 2.75) is 32.0 Å². The lowest BCUT2D eigenvalue weighted by molar-refractivity contribution is 0.0663. The van der Waals surface area contributed by atoms with E-state index in [2.05, 4.69) is 10.3 Å². The van der Waals surface area contributed by atoms with Gasteiger partial charge in [-0.2, -0.15) is 8.78 Å². The molecule has 6 heteroatoms. The Morgan fingerprint density at radius 2 is 2.31 bits per heavy atom. The smallest absolute Gasteiger partial charge is 0.319 e. The van der Waals surface area contributed by atoms with Crippen LogP contribution in [0.1, 0.15) is 25.2 Å². The molecular weight excluding hydrogens is 216 g/mol. The molecule has 0 aromatic carbocycles. The van der Waals surface area contributed by atoms with Gasteiger partial charge in [-0.1, -0.05) is 0 Å². The molecule has 1 aliphatic carbocycles. The summed E-state index contributed by atoms with van der Waals surface area (Å²) in [5.74, 6) is 0.681. The summed E-state index contributed by atoms with van der Waals surface area (Å²) in [6.45, 7) is -1.88. The highest BCUT2D eigenvalue weighted by Gasteiger charge is 2.29. The highest BCUT2D eigenvalue weighted by molar-refractivity contribution is 4.92. The number of imidazole rings is 1. The number of nitrogens with zero attached hydrogens (tertiary/aromatic N) is 2. The first kappa shape index (κ1) is 11.5. The molecule has 0 bridgehead atoms. The number of aliphatic hydroxyl groups excluding tert-OH is 1. The monoisotopic (exact) mass is 231 g/mol. The van der Waals surface area contributed by atoms with Gasteiger partial charge < -0.3 is 10.4 Å². The SMILES string of the molecule is OC(CNCc1nccn1C(F)F)C1CC1. The van der Waals surface area contributed by atoms with Crippen LogP contribution < -0.4 is 5.32 Å². The molecule has 1 heterocycles. The quantitative estimate of drug-likeness (QED) is 0.772. The van der Waals surface area contributed by atoms with Gasteiger partial charge in [-0.25, -0.2) is 4.98 Å². The van der Waals surface area contributed by atoms with E-state index in [0.717, 1.165) is 17.4 Å². The molecule has 0 amide bonds. The van der Waals surface area contributed by atoms with Crippen molar-refractivity contribution in [1.82, 2.24) is 14.9 Å². The first-order chi connectivity index (χ1) is 7.68. The van der Waals surface area contributed by atoms with Crippen molar-refractivity contribution in [2.24, 2.45) is 5.92 Å². The van der Waals surface area contributed by atoms with Crippen LogP contribution in [-0.2, 0) is 6.54 Å². The summed E-state index contributed by atoms with van der Waals surface area (Å²) in [7, 11) is 0. The maximum atomic E-state index is 12.4. The summed E-state index contributed by atoms with van der Waals surface area (Å²) >= 11 is 0. The van der Waals surface area contributed by atoms with Crippen LogP contribution in [0, 0.1) is 5.92 Å². The topological polar surface area (TPSA) is 50.1 Å². The molecule has 0 aliphatic heterocycles. The average Bonchev–Trinajstić information content (AvgIpc) is 2.98. The Morgan fingerprint density at radius 1 is 1.56 bits per heavy atom. The molecule has 1 fully saturated rings. The zero-order valence-corrected chi connectivity index (χ0v) is 8.81. The summed E-state index contributed by atoms with van der Waals surface area (Å²) in [5, 5.41) is 12.5. The van der Waals surface area contributed by atoms with E-state index in [-0.39, 0.29) is 18.5 Å². The Kier molecular flexibility index (Phi) is 3.50. The molecule has 90 valence electrons. The van der Waals surface area contributed by atoms with Crippen LogP contribution in [0.4, 0.5) is 8.78 Å². The fourth-order valence-electron chi connectivity index (χ4n) is 1.64. The second-order valence-corrected chi connectivity index (χ2v) is 4.06. The van der Waals surface area contributed by atoms with E-state index in [1.807, 2.05) is 0 Å². The highest BCUT2D eigenvalue weighted by Crippen LogP contribution is 2.32. The Balaban J connectivity index is 1.77. The Hall–Kier alpha value is -1.01. The molecule has 16 heavy (non-hydrogen) atoms. The van der Waals surface area contributed by atoms with Gasteiger partial charge in [0.2, 0.25) is 0 Å². The minimum absolute atomic E-state index is 0.251. The minimum atomic E-state index is -2.56. The summed E-state index contributed by atoms with van der Waals surface area (Å²) in [6, 6.07) is 0. The number of alkyl halides is 2. The van der Waals surface area contributed by atoms with Gasteiger partial charge in [0.25, 0.3) is 0 Å². The van der Waals surface area contributed by atoms with Gasteiger partial charge in [-0.3, -0.25) is 4.57 Å². The summed E-state index contributed by atoms with van der Waals surface area (Å²) in [4.78, 5) is 3.83. The van der Waals surface area contributed by atoms with Crippen LogP contribution in [0.15, 0.2) is 12.4 Å². The third-order valence-electron chi connectivity index (χ3n) is 2.76. The zero-order valence-electron chi connectivity index (χ0n) is 8.81. The molecule has 4 nitrogen and oxygen atoms in total. The lowest BCUT2D eigenvalue weighted by Gasteiger charge is -2.11. The fourth-order valence-corrected chi connectivity index (χ4v) is 1.64. The highest BCUT2D eigenvalue weighted by atomic mass is 19.3. The van der Waals surface area contributed by atoms with Crippen molar-refractivity contribution in [3.8, 4) is 0 Å². The van der Waals surface area contributed by atoms with Crippen molar-refractivity contribution in [3.63, 3.8) is 0 Å². The largest absolute Gasteiger partial charge is 0.392 e. The maximum Gasteiger partial charge on any atom is 0.319 e. The molecule has 1 aliphatic rings. The zero-order chi connectivity index (χ0) is 11.5. The standard InChI is InChI=1S/C10H15F2N3O/c11-10(12)15-4-3-14-9(15)6-13-5-8(16)7-1-2-7/h3-4,7-8,10,13,16H,1-2,5-6H2. The molecular formula is C10H15F2N3O. The number of aliphatic hydroxyl groups is 1. The van der Waals surface area contributed by atoms with Crippen molar-refractivity contribution in [3.05, 3.63) is 18.2 Å². The van der Waals surface area contributed by atoms with Crippen LogP contribution >= 0.6 is 0 Å². The number of hydrogen-bond acceptors (Lipinski definition) is 3. The molecule has 1 aromatic heterocycles. The van der Waals surface area contributed by atoms with Crippen LogP contribution in [0.3, 0.4) is 0 Å². The maximum absolute atomic E-state index is 12.4. The molecule has 0 radical (unpaired) electrons. The molecule has 1 aromatic rings. The number of aromatic nitrogens is 2. The van der Waals surface area contributed by atoms with Gasteiger partial charge in [0.1, 0.15) is 5.82 Å². The van der Waals surface area contributed by atoms with E-state index in [0.29, 0.717) is 12.5 Å². The third kappa shape index (κ3) is 2.76. The van der Waals surface area contributed by atoms with Gasteiger partial charge >= 0.3 is 6.55 Å². The molecule has 2 N–H and O–H groups in total. The van der Waals surface area contributed by atoms with E-state index >= 15 is 0 Å². The number of rotatable bonds is 6. The number of hydrogen-bond donors (Lipinski definition) is 2. The molecule has 1 atom stereocenters. The van der Waals surface area contributed by atoms with Crippen molar-refractivity contribution in [1.29, 1.82) is 0 Å². The van der Waals surface area contributed by atoms with Gasteiger partial charge in [0.05, 0.1) is 12.6 Å². The number of halogens is 2. The van der Waals surface area contributed by atoms with E-state index < -0.39 is 6.55 Å². The predicted octanol–water partition coefficient (Wildman–Crippen LogP) is 1.14. The van der Waals surface area contributed by atoms with E-state index in [4.69, 9.17) is 0 Å². The van der Waals surface area contributed by atoms with E-state index in [1.54, 1.807) is 0 Å². The fraction of sp³-hybridized carbons (Fsp3) is 0.700. The first-order valence-corrected chi connectivity index (χ1v) is 5.37. The second-order valence-electron chi connectivity index (χ2n) is 4.06. The van der Waals surface area contributed by atoms with Crippen LogP contribution in [0.5, 0.6) is 0 Å². The number of nitrogens with one attached hydrogen (secondary N) is 1. The minimum Gasteiger partial charge on any atom is -0.392 e. The lowest BCUT2D eigenvalue weighted by Crippen LogP contribution is -2.28. The van der Waals surface area contributed by atoms with Crippen molar-refractivity contribution < 1.29 is 13.9 Å². The van der Waals surface area contributed by atoms with Gasteiger partial charge in [-0.05, 0) is 18.8 Å². The van der Waals surface area contributed by atoms with Crippen LogP contribution in [0.25, 0.3) is 0 Å². The Morgan fingerprint density at radius 3 is 2.94 bits per heavy atom. The Bertz CT molecular complexity index is 339. The lowest BCUT2D eigenvalue weighted by atomic mass is 10.2. The van der Waals surface area contributed by atoms with Crippen LogP contribution in [-0.4, -0.2) is 27.3 Å². The van der Waals surface area contributed by atoms with Gasteiger partial charge in [0, 0.05) is 18.9 Å². The van der Waals surface area contributed by atoms with Gasteiger partial charge in [-0.15, -0.1) is 0 Å². The molecule has 1 saturated carbocycles. The summed E-state index contributed by atoms with van der Waals surface area (Å²) in [5.41, 5.74) is 0. The molecule has 2 rings (SSSR count). The second kappa shape index (κ2) is 4.88. The van der Waals surface area contributed by atoms with Gasteiger partial charge in [0.15, 0.2) is 0 Å². The van der Waals surface area contributed by atoms with Crippen LogP contribution in [0.2, 0.25) is 0 Å². The molecule has 1 unspecified atom stereocenters. The third-order valence-corrected chi connectivity index (χ3v) is 2.76. The molecule has 0 saturated heterocycles. The van der Waals surface area contributed by atoms with Crippen molar-refractivity contribution in [2.75, 3.05) is 6.54 Å². The van der Waals surface area contributed by atoms with E-state index in [1.165, 1.54) is 12.4 Å². The Labute approximate surface area is 92.3 Å². The predicted molar refractivity (Wildman–Crippen MR) is 53.9 cm³/mol.